The first-order valence-electron chi connectivity index (χ1n) is 11.6. The SMILES string of the molecule is CC(=O)C(C#N)C(=O)N1CCC(N=CC(C=N)c2cncc(OC(C)c3c(Cl)ccc(F)c3Cl)c2)CC1. The minimum atomic E-state index is -1.26. The van der Waals surface area contributed by atoms with Crippen LogP contribution >= 0.6 is 23.2 Å². The maximum Gasteiger partial charge on any atom is 0.247 e. The number of benzene rings is 1. The van der Waals surface area contributed by atoms with Crippen molar-refractivity contribution in [2.45, 2.75) is 44.8 Å². The Morgan fingerprint density at radius 2 is 2.03 bits per heavy atom. The number of aromatic nitrogens is 1. The van der Waals surface area contributed by atoms with E-state index in [2.05, 4.69) is 9.98 Å². The first-order valence-corrected chi connectivity index (χ1v) is 12.4. The Morgan fingerprint density at radius 3 is 2.65 bits per heavy atom. The number of carbonyl (C=O) groups is 2. The van der Waals surface area contributed by atoms with E-state index < -0.39 is 35.4 Å². The number of nitrogens with zero attached hydrogens (tertiary/aromatic N) is 4. The van der Waals surface area contributed by atoms with Gasteiger partial charge in [0.15, 0.2) is 11.7 Å². The van der Waals surface area contributed by atoms with E-state index in [1.54, 1.807) is 31.5 Å². The molecule has 1 aliphatic heterocycles. The lowest BCUT2D eigenvalue weighted by atomic mass is 10.00. The van der Waals surface area contributed by atoms with Gasteiger partial charge >= 0.3 is 0 Å². The highest BCUT2D eigenvalue weighted by atomic mass is 35.5. The van der Waals surface area contributed by atoms with Gasteiger partial charge < -0.3 is 15.0 Å². The van der Waals surface area contributed by atoms with Crippen LogP contribution in [-0.2, 0) is 9.59 Å². The Hall–Kier alpha value is -3.35. The van der Waals surface area contributed by atoms with E-state index in [1.807, 2.05) is 0 Å². The van der Waals surface area contributed by atoms with Gasteiger partial charge in [0.05, 0.1) is 29.2 Å². The molecular formula is C26H26Cl2FN5O3. The summed E-state index contributed by atoms with van der Waals surface area (Å²) in [6.45, 7) is 3.73. The van der Waals surface area contributed by atoms with Crippen LogP contribution < -0.4 is 4.74 Å². The second-order valence-corrected chi connectivity index (χ2v) is 9.48. The summed E-state index contributed by atoms with van der Waals surface area (Å²) in [6.07, 6.45) is 6.50. The molecule has 0 aliphatic carbocycles. The third-order valence-electron chi connectivity index (χ3n) is 6.11. The Bertz CT molecular complexity index is 1240. The van der Waals surface area contributed by atoms with Crippen molar-refractivity contribution in [1.29, 1.82) is 10.7 Å². The van der Waals surface area contributed by atoms with Crippen LogP contribution in [0.5, 0.6) is 5.75 Å². The van der Waals surface area contributed by atoms with Gasteiger partial charge in [0.25, 0.3) is 0 Å². The van der Waals surface area contributed by atoms with E-state index in [1.165, 1.54) is 36.4 Å². The number of ether oxygens (including phenoxy) is 1. The third-order valence-corrected chi connectivity index (χ3v) is 6.83. The van der Waals surface area contributed by atoms with E-state index in [4.69, 9.17) is 38.6 Å². The number of nitriles is 1. The fourth-order valence-corrected chi connectivity index (χ4v) is 4.72. The normalized spacial score (nSPS) is 16.6. The lowest BCUT2D eigenvalue weighted by molar-refractivity contribution is -0.139. The van der Waals surface area contributed by atoms with Crippen molar-refractivity contribution in [1.82, 2.24) is 9.88 Å². The van der Waals surface area contributed by atoms with Gasteiger partial charge in [-0.25, -0.2) is 4.39 Å². The molecule has 1 fully saturated rings. The summed E-state index contributed by atoms with van der Waals surface area (Å²) in [4.78, 5) is 34.2. The molecule has 3 rings (SSSR count). The second-order valence-electron chi connectivity index (χ2n) is 8.69. The second kappa shape index (κ2) is 12.7. The zero-order chi connectivity index (χ0) is 27.1. The highest BCUT2D eigenvalue weighted by Gasteiger charge is 2.30. The van der Waals surface area contributed by atoms with Crippen LogP contribution in [0, 0.1) is 28.5 Å². The molecule has 1 aromatic heterocycles. The molecule has 0 bridgehead atoms. The standard InChI is InChI=1S/C26H26Cl2FN5O3/c1-15(35)21(11-31)26(36)34-7-5-19(6-8-34)33-13-18(10-30)17-9-20(14-32-12-17)37-16(2)24-22(27)3-4-23(29)25(24)28/h3-4,9-10,12-14,16,18-19,21,30H,5-8H2,1-2H3. The van der Waals surface area contributed by atoms with Gasteiger partial charge in [-0.1, -0.05) is 23.2 Å². The number of hydrogen-bond acceptors (Lipinski definition) is 7. The van der Waals surface area contributed by atoms with Crippen molar-refractivity contribution in [2.75, 3.05) is 13.1 Å². The van der Waals surface area contributed by atoms with E-state index in [-0.39, 0.29) is 16.1 Å². The molecular weight excluding hydrogens is 520 g/mol. The zero-order valence-electron chi connectivity index (χ0n) is 20.3. The molecule has 0 saturated carbocycles. The van der Waals surface area contributed by atoms with Gasteiger partial charge in [0, 0.05) is 42.3 Å². The molecule has 194 valence electrons. The quantitative estimate of drug-likeness (QED) is 0.264. The molecule has 8 nitrogen and oxygen atoms in total. The molecule has 1 amide bonds. The van der Waals surface area contributed by atoms with Crippen molar-refractivity contribution < 1.29 is 18.7 Å². The predicted octanol–water partition coefficient (Wildman–Crippen LogP) is 5.19. The third kappa shape index (κ3) is 6.90. The van der Waals surface area contributed by atoms with E-state index >= 15 is 0 Å². The summed E-state index contributed by atoms with van der Waals surface area (Å²) in [5, 5.41) is 17.1. The Labute approximate surface area is 224 Å². The van der Waals surface area contributed by atoms with Gasteiger partial charge in [-0.2, -0.15) is 5.26 Å². The number of halogens is 3. The van der Waals surface area contributed by atoms with E-state index in [9.17, 15) is 14.0 Å². The number of amides is 1. The van der Waals surface area contributed by atoms with Crippen molar-refractivity contribution in [3.8, 4) is 11.8 Å². The molecule has 2 aromatic rings. The predicted molar refractivity (Wildman–Crippen MR) is 139 cm³/mol. The summed E-state index contributed by atoms with van der Waals surface area (Å²) in [5.41, 5.74) is 0.999. The smallest absolute Gasteiger partial charge is 0.247 e. The number of pyridine rings is 1. The van der Waals surface area contributed by atoms with Crippen molar-refractivity contribution >= 4 is 47.3 Å². The monoisotopic (exact) mass is 545 g/mol. The number of rotatable bonds is 9. The van der Waals surface area contributed by atoms with Crippen LogP contribution in [0.15, 0.2) is 35.6 Å². The number of piperidine rings is 1. The molecule has 11 heteroatoms. The van der Waals surface area contributed by atoms with Crippen LogP contribution in [0.3, 0.4) is 0 Å². The molecule has 1 saturated heterocycles. The first-order chi connectivity index (χ1) is 17.7. The molecule has 0 radical (unpaired) electrons. The topological polar surface area (TPSA) is 120 Å². The lowest BCUT2D eigenvalue weighted by Crippen LogP contribution is -2.44. The maximum absolute atomic E-state index is 13.9. The number of nitrogens with one attached hydrogen (secondary N) is 1. The molecule has 0 spiro atoms. The summed E-state index contributed by atoms with van der Waals surface area (Å²) < 4.78 is 19.8. The summed E-state index contributed by atoms with van der Waals surface area (Å²) in [7, 11) is 0. The number of hydrogen-bond donors (Lipinski definition) is 1. The minimum absolute atomic E-state index is 0.0611. The summed E-state index contributed by atoms with van der Waals surface area (Å²) in [5.74, 6) is -2.85. The Balaban J connectivity index is 1.65. The number of Topliss-reactive ketones (excluding diaryl/α,β-unsaturated/α-hetero) is 1. The Kier molecular flexibility index (Phi) is 9.73. The van der Waals surface area contributed by atoms with Crippen LogP contribution in [0.1, 0.15) is 49.8 Å². The molecule has 3 unspecified atom stereocenters. The molecule has 37 heavy (non-hydrogen) atoms. The molecule has 1 N–H and O–H groups in total. The van der Waals surface area contributed by atoms with Crippen molar-refractivity contribution in [3.63, 3.8) is 0 Å². The number of carbonyl (C=O) groups excluding carboxylic acids is 2. The highest BCUT2D eigenvalue weighted by Crippen LogP contribution is 2.35. The van der Waals surface area contributed by atoms with Gasteiger partial charge in [-0.15, -0.1) is 0 Å². The largest absolute Gasteiger partial charge is 0.484 e. The van der Waals surface area contributed by atoms with Crippen molar-refractivity contribution in [3.05, 3.63) is 57.6 Å². The van der Waals surface area contributed by atoms with Gasteiger partial charge in [0.2, 0.25) is 5.91 Å². The van der Waals surface area contributed by atoms with Crippen LogP contribution in [0.25, 0.3) is 0 Å². The van der Waals surface area contributed by atoms with Crippen LogP contribution in [0.4, 0.5) is 4.39 Å². The number of ketones is 1. The average Bonchev–Trinajstić information content (AvgIpc) is 2.87. The highest BCUT2D eigenvalue weighted by molar-refractivity contribution is 6.36. The minimum Gasteiger partial charge on any atom is -0.484 e. The van der Waals surface area contributed by atoms with Crippen LogP contribution in [0.2, 0.25) is 10.0 Å². The lowest BCUT2D eigenvalue weighted by Gasteiger charge is -2.31. The first kappa shape index (κ1) is 28.2. The summed E-state index contributed by atoms with van der Waals surface area (Å²) >= 11 is 12.3. The summed E-state index contributed by atoms with van der Waals surface area (Å²) in [6, 6.07) is 6.03. The van der Waals surface area contributed by atoms with Gasteiger partial charge in [-0.05, 0) is 50.5 Å². The van der Waals surface area contributed by atoms with Crippen LogP contribution in [-0.4, -0.2) is 53.1 Å². The van der Waals surface area contributed by atoms with Crippen molar-refractivity contribution in [2.24, 2.45) is 10.9 Å². The molecule has 2 heterocycles. The van der Waals surface area contributed by atoms with E-state index in [0.717, 1.165) is 0 Å². The average molecular weight is 546 g/mol. The van der Waals surface area contributed by atoms with E-state index in [0.29, 0.717) is 42.8 Å². The zero-order valence-corrected chi connectivity index (χ0v) is 21.8. The fourth-order valence-electron chi connectivity index (χ4n) is 4.04. The molecule has 1 aromatic carbocycles. The fraction of sp³-hybridized carbons (Fsp3) is 0.385. The number of likely N-dealkylation sites (tertiary alicyclic amines) is 1. The van der Waals surface area contributed by atoms with Gasteiger partial charge in [-0.3, -0.25) is 19.6 Å². The molecule has 1 aliphatic rings. The number of aliphatic imine (C=N–C) groups is 1. The molecule has 3 atom stereocenters. The van der Waals surface area contributed by atoms with Gasteiger partial charge in [0.1, 0.15) is 17.7 Å². The maximum atomic E-state index is 13.9. The Morgan fingerprint density at radius 1 is 1.32 bits per heavy atom.